The van der Waals surface area contributed by atoms with Crippen molar-refractivity contribution < 1.29 is 0 Å². The highest BCUT2D eigenvalue weighted by Gasteiger charge is 2.10. The van der Waals surface area contributed by atoms with Crippen molar-refractivity contribution in [1.29, 1.82) is 0 Å². The Labute approximate surface area is 186 Å². The highest BCUT2D eigenvalue weighted by atomic mass is 14.9. The smallest absolute Gasteiger partial charge is 0.0894 e. The van der Waals surface area contributed by atoms with Crippen LogP contribution in [0.25, 0.3) is 45.6 Å². The molecule has 0 aliphatic rings. The van der Waals surface area contributed by atoms with Crippen LogP contribution < -0.4 is 0 Å². The summed E-state index contributed by atoms with van der Waals surface area (Å²) in [7, 11) is 0. The van der Waals surface area contributed by atoms with Gasteiger partial charge < -0.3 is 0 Å². The third kappa shape index (κ3) is 4.14. The van der Waals surface area contributed by atoms with Crippen molar-refractivity contribution in [3.63, 3.8) is 0 Å². The Hall–Kier alpha value is -4.25. The first-order valence-corrected chi connectivity index (χ1v) is 10.5. The summed E-state index contributed by atoms with van der Waals surface area (Å²) in [5, 5.41) is 0. The van der Waals surface area contributed by atoms with Gasteiger partial charge in [-0.05, 0) is 74.5 Å². The molecule has 0 atom stereocenters. The van der Waals surface area contributed by atoms with Gasteiger partial charge in [-0.2, -0.15) is 0 Å². The van der Waals surface area contributed by atoms with E-state index in [1.54, 1.807) is 0 Å². The van der Waals surface area contributed by atoms with Crippen molar-refractivity contribution in [2.45, 2.75) is 13.8 Å². The summed E-state index contributed by atoms with van der Waals surface area (Å²) in [5.74, 6) is 0. The molecule has 0 amide bonds. The maximum Gasteiger partial charge on any atom is 0.0894 e. The number of rotatable bonds is 4. The van der Waals surface area contributed by atoms with Crippen molar-refractivity contribution in [3.05, 3.63) is 102 Å². The first kappa shape index (κ1) is 19.7. The third-order valence-corrected chi connectivity index (χ3v) is 5.07. The number of aromatic nitrogens is 5. The third-order valence-electron chi connectivity index (χ3n) is 5.07. The molecule has 5 heterocycles. The number of pyridine rings is 5. The predicted octanol–water partition coefficient (Wildman–Crippen LogP) is 5.95. The Balaban J connectivity index is 1.51. The summed E-state index contributed by atoms with van der Waals surface area (Å²) in [5.41, 5.74) is 8.44. The monoisotopic (exact) mass is 415 g/mol. The molecule has 5 aromatic heterocycles. The first-order valence-electron chi connectivity index (χ1n) is 10.5. The largest absolute Gasteiger partial charge is 0.251 e. The van der Waals surface area contributed by atoms with Crippen molar-refractivity contribution in [2.24, 2.45) is 0 Å². The fourth-order valence-electron chi connectivity index (χ4n) is 3.53. The van der Waals surface area contributed by atoms with E-state index >= 15 is 0 Å². The molecular weight excluding hydrogens is 394 g/mol. The quantitative estimate of drug-likeness (QED) is 0.363. The Morgan fingerprint density at radius 3 is 0.781 bits per heavy atom. The lowest BCUT2D eigenvalue weighted by atomic mass is 10.1. The van der Waals surface area contributed by atoms with Crippen LogP contribution in [0.15, 0.2) is 91.0 Å². The van der Waals surface area contributed by atoms with E-state index in [0.717, 1.165) is 56.9 Å². The number of hydrogen-bond donors (Lipinski definition) is 0. The molecule has 32 heavy (non-hydrogen) atoms. The molecule has 0 aliphatic carbocycles. The number of hydrogen-bond acceptors (Lipinski definition) is 5. The van der Waals surface area contributed by atoms with Gasteiger partial charge in [0, 0.05) is 11.4 Å². The molecule has 5 rings (SSSR count). The van der Waals surface area contributed by atoms with E-state index in [4.69, 9.17) is 15.0 Å². The first-order chi connectivity index (χ1) is 15.7. The van der Waals surface area contributed by atoms with Gasteiger partial charge in [-0.25, -0.2) is 15.0 Å². The lowest BCUT2D eigenvalue weighted by molar-refractivity contribution is 1.16. The minimum Gasteiger partial charge on any atom is -0.251 e. The summed E-state index contributed by atoms with van der Waals surface area (Å²) in [6.45, 7) is 3.96. The predicted molar refractivity (Wildman–Crippen MR) is 127 cm³/mol. The minimum atomic E-state index is 0.790. The van der Waals surface area contributed by atoms with Gasteiger partial charge in [0.05, 0.1) is 45.6 Å². The summed E-state index contributed by atoms with van der Waals surface area (Å²) in [6, 6.07) is 29.6. The van der Waals surface area contributed by atoms with Crippen LogP contribution in [0, 0.1) is 13.8 Å². The summed E-state index contributed by atoms with van der Waals surface area (Å²) in [4.78, 5) is 23.6. The van der Waals surface area contributed by atoms with Gasteiger partial charge in [0.1, 0.15) is 0 Å². The lowest BCUT2D eigenvalue weighted by Gasteiger charge is -2.08. The van der Waals surface area contributed by atoms with E-state index in [9.17, 15) is 0 Å². The fraction of sp³-hybridized carbons (Fsp3) is 0.0741. The van der Waals surface area contributed by atoms with Crippen LogP contribution in [0.2, 0.25) is 0 Å². The van der Waals surface area contributed by atoms with Crippen LogP contribution in [0.4, 0.5) is 0 Å². The lowest BCUT2D eigenvalue weighted by Crippen LogP contribution is -1.95. The van der Waals surface area contributed by atoms with Crippen molar-refractivity contribution in [3.8, 4) is 45.6 Å². The molecule has 5 heteroatoms. The molecule has 0 radical (unpaired) electrons. The maximum atomic E-state index is 4.85. The summed E-state index contributed by atoms with van der Waals surface area (Å²) >= 11 is 0. The second-order valence-electron chi connectivity index (χ2n) is 7.55. The van der Waals surface area contributed by atoms with E-state index in [0.29, 0.717) is 0 Å². The molecule has 0 N–H and O–H groups in total. The molecule has 5 aromatic rings. The Bertz CT molecular complexity index is 1310. The average molecular weight is 416 g/mol. The Kier molecular flexibility index (Phi) is 5.22. The van der Waals surface area contributed by atoms with Gasteiger partial charge in [-0.3, -0.25) is 9.97 Å². The molecular formula is C27H21N5. The maximum absolute atomic E-state index is 4.85. The second-order valence-corrected chi connectivity index (χ2v) is 7.55. The normalized spacial score (nSPS) is 10.8. The standard InChI is InChI=1S/C27H21N5/c1-18-8-3-10-20(28-18)22-12-5-14-24(30-22)26-16-7-17-27(32-26)25-15-6-13-23(31-25)21-11-4-9-19(2)29-21/h3-17H,1-2H3. The number of nitrogens with zero attached hydrogens (tertiary/aromatic N) is 5. The molecule has 154 valence electrons. The molecule has 0 fully saturated rings. The van der Waals surface area contributed by atoms with Gasteiger partial charge in [0.2, 0.25) is 0 Å². The topological polar surface area (TPSA) is 64.5 Å². The van der Waals surface area contributed by atoms with Crippen LogP contribution >= 0.6 is 0 Å². The molecule has 0 spiro atoms. The summed E-state index contributed by atoms with van der Waals surface area (Å²) < 4.78 is 0. The molecule has 0 saturated carbocycles. The highest BCUT2D eigenvalue weighted by Crippen LogP contribution is 2.25. The highest BCUT2D eigenvalue weighted by molar-refractivity contribution is 5.66. The van der Waals surface area contributed by atoms with Crippen molar-refractivity contribution in [1.82, 2.24) is 24.9 Å². The van der Waals surface area contributed by atoms with Gasteiger partial charge in [0.15, 0.2) is 0 Å². The zero-order chi connectivity index (χ0) is 21.9. The fourth-order valence-corrected chi connectivity index (χ4v) is 3.53. The zero-order valence-corrected chi connectivity index (χ0v) is 17.9. The van der Waals surface area contributed by atoms with Gasteiger partial charge >= 0.3 is 0 Å². The SMILES string of the molecule is Cc1cccc(-c2cccc(-c3cccc(-c4cccc(-c5cccc(C)n5)n4)n3)n2)n1. The Morgan fingerprint density at radius 1 is 0.312 bits per heavy atom. The minimum absolute atomic E-state index is 0.790. The van der Waals surface area contributed by atoms with Crippen LogP contribution in [0.1, 0.15) is 11.4 Å². The van der Waals surface area contributed by atoms with E-state index in [1.165, 1.54) is 0 Å². The summed E-state index contributed by atoms with van der Waals surface area (Å²) in [6.07, 6.45) is 0. The van der Waals surface area contributed by atoms with Crippen molar-refractivity contribution >= 4 is 0 Å². The molecule has 0 unspecified atom stereocenters. The molecule has 5 nitrogen and oxygen atoms in total. The van der Waals surface area contributed by atoms with Crippen LogP contribution in [0.3, 0.4) is 0 Å². The Morgan fingerprint density at radius 2 is 0.531 bits per heavy atom. The van der Waals surface area contributed by atoms with E-state index in [-0.39, 0.29) is 0 Å². The van der Waals surface area contributed by atoms with Gasteiger partial charge in [0.25, 0.3) is 0 Å². The molecule has 0 aliphatic heterocycles. The van der Waals surface area contributed by atoms with E-state index in [1.807, 2.05) is 105 Å². The van der Waals surface area contributed by atoms with Crippen LogP contribution in [-0.2, 0) is 0 Å². The average Bonchev–Trinajstić information content (AvgIpc) is 2.84. The number of aryl methyl sites for hydroxylation is 2. The van der Waals surface area contributed by atoms with Gasteiger partial charge in [-0.1, -0.05) is 30.3 Å². The van der Waals surface area contributed by atoms with Gasteiger partial charge in [-0.15, -0.1) is 0 Å². The van der Waals surface area contributed by atoms with E-state index < -0.39 is 0 Å². The van der Waals surface area contributed by atoms with Crippen LogP contribution in [0.5, 0.6) is 0 Å². The van der Waals surface area contributed by atoms with Crippen molar-refractivity contribution in [2.75, 3.05) is 0 Å². The molecule has 0 saturated heterocycles. The van der Waals surface area contributed by atoms with E-state index in [2.05, 4.69) is 9.97 Å². The zero-order valence-electron chi connectivity index (χ0n) is 17.9. The molecule has 0 bridgehead atoms. The second kappa shape index (κ2) is 8.47. The molecule has 0 aromatic carbocycles. The van der Waals surface area contributed by atoms with Crippen LogP contribution in [-0.4, -0.2) is 24.9 Å².